The van der Waals surface area contributed by atoms with E-state index in [9.17, 15) is 0 Å². The van der Waals surface area contributed by atoms with Crippen LogP contribution in [0.4, 0.5) is 17.1 Å². The molecule has 0 radical (unpaired) electrons. The molecule has 1 nitrogen and oxygen atoms in total. The first-order chi connectivity index (χ1) is 25.1. The van der Waals surface area contributed by atoms with Gasteiger partial charge in [0.1, 0.15) is 0 Å². The maximum Gasteiger partial charge on any atom is 0.0465 e. The number of hydrogen-bond donors (Lipinski definition) is 0. The molecular weight excluding hydrogens is 627 g/mol. The van der Waals surface area contributed by atoms with E-state index >= 15 is 0 Å². The van der Waals surface area contributed by atoms with E-state index in [-0.39, 0.29) is 16.2 Å². The molecule has 0 bridgehead atoms. The molecule has 0 saturated carbocycles. The highest BCUT2D eigenvalue weighted by Gasteiger charge is 2.40. The van der Waals surface area contributed by atoms with Crippen molar-refractivity contribution in [2.45, 2.75) is 57.8 Å². The Morgan fingerprint density at radius 3 is 1.23 bits per heavy atom. The van der Waals surface area contributed by atoms with Gasteiger partial charge in [-0.1, -0.05) is 157 Å². The van der Waals surface area contributed by atoms with Crippen LogP contribution in [0.5, 0.6) is 0 Å². The molecule has 0 fully saturated rings. The highest BCUT2D eigenvalue weighted by Crippen LogP contribution is 2.56. The van der Waals surface area contributed by atoms with E-state index in [0.717, 1.165) is 0 Å². The van der Waals surface area contributed by atoms with Gasteiger partial charge in [0, 0.05) is 33.3 Å². The molecule has 3 aliphatic rings. The van der Waals surface area contributed by atoms with Crippen molar-refractivity contribution in [1.82, 2.24) is 0 Å². The molecule has 0 saturated heterocycles. The Morgan fingerprint density at radius 1 is 0.308 bits per heavy atom. The molecule has 7 aromatic rings. The van der Waals surface area contributed by atoms with Gasteiger partial charge in [-0.3, -0.25) is 0 Å². The van der Waals surface area contributed by atoms with Crippen LogP contribution in [0.1, 0.15) is 74.9 Å². The number of anilines is 3. The normalized spacial score (nSPS) is 16.0. The van der Waals surface area contributed by atoms with Gasteiger partial charge in [-0.2, -0.15) is 0 Å². The minimum atomic E-state index is -0.153. The van der Waals surface area contributed by atoms with E-state index in [0.29, 0.717) is 0 Å². The van der Waals surface area contributed by atoms with E-state index in [1.54, 1.807) is 0 Å². The second-order valence-corrected chi connectivity index (χ2v) is 16.6. The van der Waals surface area contributed by atoms with Crippen LogP contribution in [0.15, 0.2) is 152 Å². The summed E-state index contributed by atoms with van der Waals surface area (Å²) in [5, 5.41) is 0. The van der Waals surface area contributed by atoms with Crippen molar-refractivity contribution in [3.63, 3.8) is 0 Å². The van der Waals surface area contributed by atoms with Crippen molar-refractivity contribution in [3.05, 3.63) is 185 Å². The molecule has 0 aromatic heterocycles. The zero-order chi connectivity index (χ0) is 35.6. The topological polar surface area (TPSA) is 3.24 Å². The molecule has 3 aliphatic carbocycles. The van der Waals surface area contributed by atoms with Crippen LogP contribution in [0, 0.1) is 0 Å². The second kappa shape index (κ2) is 10.7. The monoisotopic (exact) mass is 669 g/mol. The molecule has 0 spiro atoms. The first-order valence-corrected chi connectivity index (χ1v) is 18.7. The summed E-state index contributed by atoms with van der Waals surface area (Å²) in [5.74, 6) is 0. The van der Waals surface area contributed by atoms with Gasteiger partial charge in [0.15, 0.2) is 0 Å². The molecule has 0 amide bonds. The molecular formula is C51H43N. The van der Waals surface area contributed by atoms with Gasteiger partial charge in [0.25, 0.3) is 0 Å². The molecule has 252 valence electrons. The largest absolute Gasteiger partial charge is 0.310 e. The first kappa shape index (κ1) is 31.1. The molecule has 10 rings (SSSR count). The predicted octanol–water partition coefficient (Wildman–Crippen LogP) is 13.7. The Labute approximate surface area is 308 Å². The highest BCUT2D eigenvalue weighted by atomic mass is 15.1. The molecule has 0 N–H and O–H groups in total. The van der Waals surface area contributed by atoms with Crippen molar-refractivity contribution < 1.29 is 0 Å². The molecule has 0 aliphatic heterocycles. The maximum atomic E-state index is 2.51. The summed E-state index contributed by atoms with van der Waals surface area (Å²) >= 11 is 0. The number of rotatable bonds is 4. The van der Waals surface area contributed by atoms with Crippen molar-refractivity contribution in [1.29, 1.82) is 0 Å². The van der Waals surface area contributed by atoms with Crippen molar-refractivity contribution >= 4 is 17.1 Å². The first-order valence-electron chi connectivity index (χ1n) is 18.7. The zero-order valence-corrected chi connectivity index (χ0v) is 30.9. The van der Waals surface area contributed by atoms with Crippen molar-refractivity contribution in [2.24, 2.45) is 0 Å². The summed E-state index contributed by atoms with van der Waals surface area (Å²) in [6.07, 6.45) is 0. The van der Waals surface area contributed by atoms with Crippen LogP contribution in [0.2, 0.25) is 0 Å². The van der Waals surface area contributed by atoms with Crippen molar-refractivity contribution in [2.75, 3.05) is 4.90 Å². The van der Waals surface area contributed by atoms with Gasteiger partial charge in [0.05, 0.1) is 0 Å². The van der Waals surface area contributed by atoms with Gasteiger partial charge in [-0.25, -0.2) is 0 Å². The lowest BCUT2D eigenvalue weighted by atomic mass is 9.81. The number of hydrogen-bond acceptors (Lipinski definition) is 1. The fourth-order valence-electron chi connectivity index (χ4n) is 9.88. The third-order valence-electron chi connectivity index (χ3n) is 12.7. The van der Waals surface area contributed by atoms with Gasteiger partial charge in [-0.05, 0) is 114 Å². The molecule has 52 heavy (non-hydrogen) atoms. The second-order valence-electron chi connectivity index (χ2n) is 16.6. The lowest BCUT2D eigenvalue weighted by Gasteiger charge is -2.31. The molecule has 1 heteroatoms. The van der Waals surface area contributed by atoms with Crippen LogP contribution in [-0.2, 0) is 16.2 Å². The van der Waals surface area contributed by atoms with E-state index < -0.39 is 0 Å². The van der Waals surface area contributed by atoms with E-state index in [2.05, 4.69) is 198 Å². The minimum absolute atomic E-state index is 0.0927. The standard InChI is InChI=1S/C51H43N/c1-49(2)42-20-12-10-17-37(42)39-26-23-33(29-45(39)49)52(34-24-27-40-38-18-11-13-21-43(38)50(3,4)46(40)30-34)35-25-28-41-47(31-35)51(5,6)44-22-14-19-36(48(41)44)32-15-8-7-9-16-32/h7-31H,1-6H3. The summed E-state index contributed by atoms with van der Waals surface area (Å²) in [6, 6.07) is 57.1. The quantitative estimate of drug-likeness (QED) is 0.180. The Morgan fingerprint density at radius 2 is 0.692 bits per heavy atom. The van der Waals surface area contributed by atoms with Gasteiger partial charge >= 0.3 is 0 Å². The fourth-order valence-corrected chi connectivity index (χ4v) is 9.88. The van der Waals surface area contributed by atoms with Crippen LogP contribution in [0.3, 0.4) is 0 Å². The number of nitrogens with zero attached hydrogens (tertiary/aromatic N) is 1. The highest BCUT2D eigenvalue weighted by molar-refractivity contribution is 5.95. The Balaban J connectivity index is 1.18. The summed E-state index contributed by atoms with van der Waals surface area (Å²) in [5.41, 5.74) is 22.2. The summed E-state index contributed by atoms with van der Waals surface area (Å²) in [7, 11) is 0. The van der Waals surface area contributed by atoms with Gasteiger partial charge in [0.2, 0.25) is 0 Å². The number of fused-ring (bicyclic) bond motifs is 9. The van der Waals surface area contributed by atoms with Gasteiger partial charge < -0.3 is 4.90 Å². The van der Waals surface area contributed by atoms with Crippen LogP contribution in [0.25, 0.3) is 44.5 Å². The average molecular weight is 670 g/mol. The molecule has 0 unspecified atom stereocenters. The number of benzene rings is 7. The van der Waals surface area contributed by atoms with Crippen LogP contribution in [-0.4, -0.2) is 0 Å². The van der Waals surface area contributed by atoms with E-state index in [1.165, 1.54) is 95.0 Å². The summed E-state index contributed by atoms with van der Waals surface area (Å²) in [6.45, 7) is 14.3. The zero-order valence-electron chi connectivity index (χ0n) is 30.9. The maximum absolute atomic E-state index is 2.51. The minimum Gasteiger partial charge on any atom is -0.310 e. The smallest absolute Gasteiger partial charge is 0.0465 e. The van der Waals surface area contributed by atoms with E-state index in [4.69, 9.17) is 0 Å². The molecule has 0 atom stereocenters. The average Bonchev–Trinajstić information content (AvgIpc) is 3.65. The Hall–Kier alpha value is -5.66. The predicted molar refractivity (Wildman–Crippen MR) is 219 cm³/mol. The summed E-state index contributed by atoms with van der Waals surface area (Å²) in [4.78, 5) is 2.51. The summed E-state index contributed by atoms with van der Waals surface area (Å²) < 4.78 is 0. The lowest BCUT2D eigenvalue weighted by molar-refractivity contribution is 0.659. The Kier molecular flexibility index (Phi) is 6.39. The van der Waals surface area contributed by atoms with Crippen LogP contribution >= 0.6 is 0 Å². The van der Waals surface area contributed by atoms with Crippen LogP contribution < -0.4 is 4.90 Å². The fraction of sp³-hybridized carbons (Fsp3) is 0.176. The Bertz CT molecular complexity index is 2490. The third kappa shape index (κ3) is 4.17. The van der Waals surface area contributed by atoms with E-state index in [1.807, 2.05) is 0 Å². The SMILES string of the molecule is CC1(C)c2ccccc2-c2ccc(N(c3ccc4c(c3)C(C)(C)c3ccccc3-4)c3ccc4c(c3)C(C)(C)c3cccc(-c5ccccc5)c3-4)cc21. The van der Waals surface area contributed by atoms with Crippen molar-refractivity contribution in [3.8, 4) is 44.5 Å². The molecule has 7 aromatic carbocycles. The molecule has 0 heterocycles. The van der Waals surface area contributed by atoms with Gasteiger partial charge in [-0.15, -0.1) is 0 Å². The third-order valence-corrected chi connectivity index (χ3v) is 12.7. The lowest BCUT2D eigenvalue weighted by Crippen LogP contribution is -2.19.